The Kier molecular flexibility index (Phi) is 4.65. The highest BCUT2D eigenvalue weighted by Gasteiger charge is 2.08. The number of carboxylic acid groups (broad SMARTS) is 1. The van der Waals surface area contributed by atoms with Crippen LogP contribution in [0.3, 0.4) is 0 Å². The first-order valence-electron chi connectivity index (χ1n) is 4.68. The van der Waals surface area contributed by atoms with Crippen molar-refractivity contribution in [3.05, 3.63) is 28.7 Å². The van der Waals surface area contributed by atoms with Crippen molar-refractivity contribution in [2.45, 2.75) is 12.8 Å². The zero-order valence-corrected chi connectivity index (χ0v) is 9.42. The molecule has 86 valence electrons. The number of carbonyl (C=O) groups is 2. The number of thiazole rings is 1. The molecule has 1 rings (SSSR count). The molecular formula is C10H12N2O3S. The maximum Gasteiger partial charge on any atom is 0.355 e. The lowest BCUT2D eigenvalue weighted by Crippen LogP contribution is -2.24. The van der Waals surface area contributed by atoms with E-state index in [1.54, 1.807) is 0 Å². The van der Waals surface area contributed by atoms with Crippen LogP contribution in [0.2, 0.25) is 0 Å². The second-order valence-corrected chi connectivity index (χ2v) is 3.97. The molecule has 0 saturated carbocycles. The Labute approximate surface area is 96.8 Å². The lowest BCUT2D eigenvalue weighted by atomic mass is 10.3. The fourth-order valence-corrected chi connectivity index (χ4v) is 1.81. The van der Waals surface area contributed by atoms with E-state index in [2.05, 4.69) is 16.9 Å². The highest BCUT2D eigenvalue weighted by molar-refractivity contribution is 7.09. The first-order chi connectivity index (χ1) is 7.63. The fraction of sp³-hybridized carbons (Fsp3) is 0.300. The van der Waals surface area contributed by atoms with Crippen LogP contribution in [0.4, 0.5) is 0 Å². The Morgan fingerprint density at radius 3 is 2.94 bits per heavy atom. The quantitative estimate of drug-likeness (QED) is 0.729. The predicted octanol–water partition coefficient (Wildman–Crippen LogP) is 1.08. The summed E-state index contributed by atoms with van der Waals surface area (Å²) in [5.41, 5.74) is 0.0532. The average molecular weight is 240 g/mol. The molecule has 0 fully saturated rings. The van der Waals surface area contributed by atoms with E-state index in [1.165, 1.54) is 22.8 Å². The van der Waals surface area contributed by atoms with Crippen molar-refractivity contribution in [2.75, 3.05) is 6.54 Å². The minimum absolute atomic E-state index is 0.0532. The lowest BCUT2D eigenvalue weighted by Gasteiger charge is -2.00. The van der Waals surface area contributed by atoms with Gasteiger partial charge >= 0.3 is 5.97 Å². The molecule has 5 nitrogen and oxygen atoms in total. The van der Waals surface area contributed by atoms with Gasteiger partial charge in [0, 0.05) is 24.8 Å². The third-order valence-corrected chi connectivity index (χ3v) is 2.67. The van der Waals surface area contributed by atoms with Gasteiger partial charge in [-0.3, -0.25) is 4.79 Å². The standard InChI is InChI=1S/C10H12N2O3S/c1-2-3-8(13)11-5-4-9-12-7(6-16-9)10(14)15/h2,6H,1,3-5H2,(H,11,13)(H,14,15). The number of hydrogen-bond donors (Lipinski definition) is 2. The van der Waals surface area contributed by atoms with Crippen LogP contribution in [0.15, 0.2) is 18.0 Å². The number of amides is 1. The third-order valence-electron chi connectivity index (χ3n) is 1.76. The van der Waals surface area contributed by atoms with Crippen LogP contribution < -0.4 is 5.32 Å². The normalized spacial score (nSPS) is 9.75. The molecule has 1 heterocycles. The first kappa shape index (κ1) is 12.4. The summed E-state index contributed by atoms with van der Waals surface area (Å²) in [5, 5.41) is 13.5. The van der Waals surface area contributed by atoms with E-state index in [-0.39, 0.29) is 18.0 Å². The van der Waals surface area contributed by atoms with Crippen molar-refractivity contribution in [2.24, 2.45) is 0 Å². The fourth-order valence-electron chi connectivity index (χ4n) is 1.04. The van der Waals surface area contributed by atoms with Crippen LogP contribution in [-0.2, 0) is 11.2 Å². The van der Waals surface area contributed by atoms with Crippen LogP contribution in [0.25, 0.3) is 0 Å². The number of carboxylic acids is 1. The molecule has 0 radical (unpaired) electrons. The topological polar surface area (TPSA) is 79.3 Å². The van der Waals surface area contributed by atoms with E-state index in [0.717, 1.165) is 0 Å². The molecule has 0 atom stereocenters. The summed E-state index contributed by atoms with van der Waals surface area (Å²) in [6.07, 6.45) is 2.36. The van der Waals surface area contributed by atoms with Crippen molar-refractivity contribution in [3.8, 4) is 0 Å². The molecule has 0 aliphatic rings. The van der Waals surface area contributed by atoms with Crippen molar-refractivity contribution in [1.82, 2.24) is 10.3 Å². The highest BCUT2D eigenvalue weighted by Crippen LogP contribution is 2.09. The summed E-state index contributed by atoms with van der Waals surface area (Å²) in [4.78, 5) is 25.5. The van der Waals surface area contributed by atoms with E-state index in [1.807, 2.05) is 0 Å². The monoisotopic (exact) mass is 240 g/mol. The zero-order chi connectivity index (χ0) is 12.0. The number of carbonyl (C=O) groups excluding carboxylic acids is 1. The van der Waals surface area contributed by atoms with Gasteiger partial charge in [0.1, 0.15) is 0 Å². The largest absolute Gasteiger partial charge is 0.476 e. The van der Waals surface area contributed by atoms with E-state index < -0.39 is 5.97 Å². The summed E-state index contributed by atoms with van der Waals surface area (Å²) < 4.78 is 0. The maximum absolute atomic E-state index is 11.1. The number of nitrogens with one attached hydrogen (secondary N) is 1. The highest BCUT2D eigenvalue weighted by atomic mass is 32.1. The molecule has 2 N–H and O–H groups in total. The summed E-state index contributed by atoms with van der Waals surface area (Å²) >= 11 is 1.28. The Morgan fingerprint density at radius 2 is 2.38 bits per heavy atom. The summed E-state index contributed by atoms with van der Waals surface area (Å²) in [5.74, 6) is -1.12. The second-order valence-electron chi connectivity index (χ2n) is 3.02. The molecule has 0 unspecified atom stereocenters. The minimum atomic E-state index is -1.03. The van der Waals surface area contributed by atoms with Crippen molar-refractivity contribution < 1.29 is 14.7 Å². The molecule has 0 aliphatic heterocycles. The second kappa shape index (κ2) is 6.02. The molecule has 6 heteroatoms. The Bertz CT molecular complexity index is 401. The molecule has 0 spiro atoms. The van der Waals surface area contributed by atoms with E-state index in [9.17, 15) is 9.59 Å². The summed E-state index contributed by atoms with van der Waals surface area (Å²) in [7, 11) is 0. The van der Waals surface area contributed by atoms with E-state index in [0.29, 0.717) is 18.0 Å². The summed E-state index contributed by atoms with van der Waals surface area (Å²) in [6, 6.07) is 0. The van der Waals surface area contributed by atoms with Gasteiger partial charge in [-0.15, -0.1) is 17.9 Å². The molecule has 1 aromatic rings. The number of aromatic carboxylic acids is 1. The SMILES string of the molecule is C=CCC(=O)NCCc1nc(C(=O)O)cs1. The zero-order valence-electron chi connectivity index (χ0n) is 8.60. The van der Waals surface area contributed by atoms with Gasteiger partial charge in [-0.2, -0.15) is 0 Å². The molecule has 1 aromatic heterocycles. The van der Waals surface area contributed by atoms with Gasteiger partial charge in [0.2, 0.25) is 5.91 Å². The molecule has 0 saturated heterocycles. The van der Waals surface area contributed by atoms with Crippen molar-refractivity contribution in [1.29, 1.82) is 0 Å². The van der Waals surface area contributed by atoms with Crippen LogP contribution in [-0.4, -0.2) is 28.5 Å². The van der Waals surface area contributed by atoms with Crippen LogP contribution in [0.1, 0.15) is 21.9 Å². The van der Waals surface area contributed by atoms with Crippen molar-refractivity contribution in [3.63, 3.8) is 0 Å². The first-order valence-corrected chi connectivity index (χ1v) is 5.56. The van der Waals surface area contributed by atoms with E-state index in [4.69, 9.17) is 5.11 Å². The van der Waals surface area contributed by atoms with Crippen LogP contribution >= 0.6 is 11.3 Å². The third kappa shape index (κ3) is 3.82. The number of nitrogens with zero attached hydrogens (tertiary/aromatic N) is 1. The number of aromatic nitrogens is 1. The average Bonchev–Trinajstić information content (AvgIpc) is 2.67. The Morgan fingerprint density at radius 1 is 1.62 bits per heavy atom. The molecular weight excluding hydrogens is 228 g/mol. The van der Waals surface area contributed by atoms with Gasteiger partial charge in [0.25, 0.3) is 0 Å². The maximum atomic E-state index is 11.1. The minimum Gasteiger partial charge on any atom is -0.476 e. The predicted molar refractivity (Wildman–Crippen MR) is 60.6 cm³/mol. The lowest BCUT2D eigenvalue weighted by molar-refractivity contribution is -0.120. The van der Waals surface area contributed by atoms with Crippen LogP contribution in [0, 0.1) is 0 Å². The number of rotatable bonds is 6. The van der Waals surface area contributed by atoms with Gasteiger partial charge in [-0.1, -0.05) is 6.08 Å². The Balaban J connectivity index is 2.34. The molecule has 16 heavy (non-hydrogen) atoms. The van der Waals surface area contributed by atoms with Gasteiger partial charge in [-0.05, 0) is 0 Å². The van der Waals surface area contributed by atoms with E-state index >= 15 is 0 Å². The summed E-state index contributed by atoms with van der Waals surface area (Å²) in [6.45, 7) is 3.91. The van der Waals surface area contributed by atoms with Gasteiger partial charge in [0.15, 0.2) is 5.69 Å². The van der Waals surface area contributed by atoms with Crippen molar-refractivity contribution >= 4 is 23.2 Å². The molecule has 0 aliphatic carbocycles. The Hall–Kier alpha value is -1.69. The molecule has 0 aromatic carbocycles. The van der Waals surface area contributed by atoms with Crippen LogP contribution in [0.5, 0.6) is 0 Å². The van der Waals surface area contributed by atoms with Gasteiger partial charge in [0.05, 0.1) is 5.01 Å². The van der Waals surface area contributed by atoms with Gasteiger partial charge < -0.3 is 10.4 Å². The molecule has 0 bridgehead atoms. The smallest absolute Gasteiger partial charge is 0.355 e. The molecule has 1 amide bonds. The number of hydrogen-bond acceptors (Lipinski definition) is 4. The van der Waals surface area contributed by atoms with Gasteiger partial charge in [-0.25, -0.2) is 9.78 Å².